The maximum absolute atomic E-state index is 12.7. The summed E-state index contributed by atoms with van der Waals surface area (Å²) in [6.45, 7) is 5.58. The van der Waals surface area contributed by atoms with Crippen LogP contribution in [0.3, 0.4) is 0 Å². The molecular formula is C17H17ClN2O2. The van der Waals surface area contributed by atoms with E-state index in [0.717, 1.165) is 5.69 Å². The van der Waals surface area contributed by atoms with E-state index in [0.29, 0.717) is 28.5 Å². The van der Waals surface area contributed by atoms with Crippen LogP contribution in [-0.2, 0) is 4.79 Å². The second kappa shape index (κ2) is 6.71. The van der Waals surface area contributed by atoms with Gasteiger partial charge in [0.1, 0.15) is 5.82 Å². The molecule has 1 aromatic carbocycles. The number of hydrogen-bond donors (Lipinski definition) is 0. The van der Waals surface area contributed by atoms with Crippen molar-refractivity contribution in [2.24, 2.45) is 0 Å². The first-order valence-electron chi connectivity index (χ1n) is 7.00. The van der Waals surface area contributed by atoms with E-state index < -0.39 is 0 Å². The lowest BCUT2D eigenvalue weighted by molar-refractivity contribution is -0.116. The monoisotopic (exact) mass is 316 g/mol. The number of aromatic nitrogens is 1. The van der Waals surface area contributed by atoms with Gasteiger partial charge < -0.3 is 0 Å². The molecule has 0 spiro atoms. The number of benzene rings is 1. The van der Waals surface area contributed by atoms with Gasteiger partial charge in [-0.05, 0) is 38.1 Å². The Kier molecular flexibility index (Phi) is 4.93. The molecule has 0 saturated carbocycles. The van der Waals surface area contributed by atoms with Gasteiger partial charge in [-0.2, -0.15) is 0 Å². The number of pyridine rings is 1. The van der Waals surface area contributed by atoms with Crippen LogP contribution in [0.5, 0.6) is 0 Å². The molecule has 0 fully saturated rings. The number of nitrogens with zero attached hydrogens (tertiary/aromatic N) is 2. The molecule has 0 radical (unpaired) electrons. The van der Waals surface area contributed by atoms with Gasteiger partial charge in [0.05, 0.1) is 5.56 Å². The molecule has 0 N–H and O–H groups in total. The molecule has 1 heterocycles. The van der Waals surface area contributed by atoms with Crippen molar-refractivity contribution in [2.45, 2.75) is 20.8 Å². The Morgan fingerprint density at radius 1 is 1.23 bits per heavy atom. The van der Waals surface area contributed by atoms with E-state index in [1.165, 1.54) is 11.8 Å². The van der Waals surface area contributed by atoms with Crippen LogP contribution >= 0.6 is 11.6 Å². The Morgan fingerprint density at radius 2 is 1.95 bits per heavy atom. The Morgan fingerprint density at radius 3 is 2.55 bits per heavy atom. The molecule has 4 nitrogen and oxygen atoms in total. The predicted molar refractivity (Wildman–Crippen MR) is 87.6 cm³/mol. The van der Waals surface area contributed by atoms with Crippen LogP contribution in [0.15, 0.2) is 36.4 Å². The molecule has 0 unspecified atom stereocenters. The van der Waals surface area contributed by atoms with Crippen LogP contribution in [0.2, 0.25) is 5.02 Å². The Bertz CT molecular complexity index is 728. The van der Waals surface area contributed by atoms with Gasteiger partial charge in [-0.15, -0.1) is 0 Å². The fraction of sp³-hybridized carbons (Fsp3) is 0.235. The molecule has 2 rings (SSSR count). The van der Waals surface area contributed by atoms with Crippen molar-refractivity contribution in [3.8, 4) is 0 Å². The van der Waals surface area contributed by atoms with Gasteiger partial charge in [-0.1, -0.05) is 23.7 Å². The maximum Gasteiger partial charge on any atom is 0.225 e. The van der Waals surface area contributed by atoms with Crippen LogP contribution < -0.4 is 4.90 Å². The highest BCUT2D eigenvalue weighted by molar-refractivity contribution is 6.31. The van der Waals surface area contributed by atoms with E-state index in [9.17, 15) is 9.59 Å². The fourth-order valence-electron chi connectivity index (χ4n) is 2.23. The van der Waals surface area contributed by atoms with Gasteiger partial charge in [0.2, 0.25) is 5.91 Å². The van der Waals surface area contributed by atoms with Gasteiger partial charge >= 0.3 is 0 Å². The molecule has 1 aromatic heterocycles. The molecule has 114 valence electrons. The number of halogens is 1. The number of rotatable bonds is 4. The molecule has 22 heavy (non-hydrogen) atoms. The molecule has 0 aliphatic rings. The normalized spacial score (nSPS) is 10.4. The number of anilines is 1. The fourth-order valence-corrected chi connectivity index (χ4v) is 2.42. The summed E-state index contributed by atoms with van der Waals surface area (Å²) in [5.41, 5.74) is 1.61. The van der Waals surface area contributed by atoms with Crippen molar-refractivity contribution < 1.29 is 9.59 Å². The minimum atomic E-state index is -0.204. The zero-order valence-corrected chi connectivity index (χ0v) is 13.5. The van der Waals surface area contributed by atoms with Gasteiger partial charge in [0, 0.05) is 29.7 Å². The molecule has 0 atom stereocenters. The van der Waals surface area contributed by atoms with E-state index in [-0.39, 0.29) is 11.7 Å². The predicted octanol–water partition coefficient (Wildman–Crippen LogP) is 3.65. The molecule has 0 aliphatic heterocycles. The minimum absolute atomic E-state index is 0.152. The number of carbonyl (C=O) groups is 2. The molecule has 0 saturated heterocycles. The van der Waals surface area contributed by atoms with E-state index in [4.69, 9.17) is 11.6 Å². The Labute approximate surface area is 134 Å². The number of hydrogen-bond acceptors (Lipinski definition) is 3. The second-order valence-electron chi connectivity index (χ2n) is 4.93. The largest absolute Gasteiger partial charge is 0.297 e. The minimum Gasteiger partial charge on any atom is -0.297 e. The van der Waals surface area contributed by atoms with Crippen LogP contribution in [-0.4, -0.2) is 23.2 Å². The summed E-state index contributed by atoms with van der Waals surface area (Å²) < 4.78 is 0. The summed E-state index contributed by atoms with van der Waals surface area (Å²) in [6.07, 6.45) is 0. The summed E-state index contributed by atoms with van der Waals surface area (Å²) in [7, 11) is 0. The van der Waals surface area contributed by atoms with E-state index in [1.807, 2.05) is 13.8 Å². The zero-order chi connectivity index (χ0) is 16.3. The average molecular weight is 317 g/mol. The quantitative estimate of drug-likeness (QED) is 0.809. The van der Waals surface area contributed by atoms with Crippen molar-refractivity contribution in [1.29, 1.82) is 0 Å². The second-order valence-corrected chi connectivity index (χ2v) is 5.36. The third-order valence-electron chi connectivity index (χ3n) is 3.30. The Balaban J connectivity index is 2.55. The van der Waals surface area contributed by atoms with Crippen molar-refractivity contribution in [2.75, 3.05) is 11.4 Å². The van der Waals surface area contributed by atoms with Crippen LogP contribution in [0.25, 0.3) is 0 Å². The summed E-state index contributed by atoms with van der Waals surface area (Å²) in [5.74, 6) is 0.0328. The van der Waals surface area contributed by atoms with Gasteiger partial charge in [0.25, 0.3) is 0 Å². The maximum atomic E-state index is 12.7. The first kappa shape index (κ1) is 16.2. The standard InChI is InChI=1S/C17H17ClN2O2/c1-4-20(12(3)21)17-15(9-8-11(2)19-17)16(22)13-6-5-7-14(18)10-13/h5-10H,4H2,1-3H3. The van der Waals surface area contributed by atoms with Crippen molar-refractivity contribution >= 4 is 29.1 Å². The third-order valence-corrected chi connectivity index (χ3v) is 3.53. The molecule has 1 amide bonds. The molecular weight excluding hydrogens is 300 g/mol. The Hall–Kier alpha value is -2.20. The highest BCUT2D eigenvalue weighted by Gasteiger charge is 2.21. The van der Waals surface area contributed by atoms with Gasteiger partial charge in [-0.3, -0.25) is 14.5 Å². The first-order valence-corrected chi connectivity index (χ1v) is 7.38. The van der Waals surface area contributed by atoms with Crippen molar-refractivity contribution in [3.63, 3.8) is 0 Å². The summed E-state index contributed by atoms with van der Waals surface area (Å²) in [6, 6.07) is 10.2. The topological polar surface area (TPSA) is 50.3 Å². The lowest BCUT2D eigenvalue weighted by Crippen LogP contribution is -2.30. The van der Waals surface area contributed by atoms with Crippen LogP contribution in [0.1, 0.15) is 35.5 Å². The van der Waals surface area contributed by atoms with Crippen molar-refractivity contribution in [1.82, 2.24) is 4.98 Å². The third kappa shape index (κ3) is 3.34. The van der Waals surface area contributed by atoms with Crippen LogP contribution in [0, 0.1) is 6.92 Å². The van der Waals surface area contributed by atoms with Gasteiger partial charge in [0.15, 0.2) is 5.78 Å². The number of aryl methyl sites for hydroxylation is 1. The smallest absolute Gasteiger partial charge is 0.225 e. The number of ketones is 1. The lowest BCUT2D eigenvalue weighted by atomic mass is 10.0. The van der Waals surface area contributed by atoms with Crippen molar-refractivity contribution in [3.05, 3.63) is 58.2 Å². The molecule has 0 bridgehead atoms. The summed E-state index contributed by atoms with van der Waals surface area (Å²) in [5, 5.41) is 0.492. The van der Waals surface area contributed by atoms with Crippen LogP contribution in [0.4, 0.5) is 5.82 Å². The highest BCUT2D eigenvalue weighted by Crippen LogP contribution is 2.23. The SMILES string of the molecule is CCN(C(C)=O)c1nc(C)ccc1C(=O)c1cccc(Cl)c1. The number of amides is 1. The first-order chi connectivity index (χ1) is 10.4. The zero-order valence-electron chi connectivity index (χ0n) is 12.8. The summed E-state index contributed by atoms with van der Waals surface area (Å²) >= 11 is 5.95. The van der Waals surface area contributed by atoms with E-state index in [1.54, 1.807) is 36.4 Å². The average Bonchev–Trinajstić information content (AvgIpc) is 2.47. The summed E-state index contributed by atoms with van der Waals surface area (Å²) in [4.78, 5) is 30.4. The van der Waals surface area contributed by atoms with E-state index in [2.05, 4.69) is 4.98 Å². The van der Waals surface area contributed by atoms with Gasteiger partial charge in [-0.25, -0.2) is 4.98 Å². The lowest BCUT2D eigenvalue weighted by Gasteiger charge is -2.21. The number of carbonyl (C=O) groups excluding carboxylic acids is 2. The highest BCUT2D eigenvalue weighted by atomic mass is 35.5. The molecule has 0 aliphatic carbocycles. The molecule has 5 heteroatoms. The van der Waals surface area contributed by atoms with E-state index >= 15 is 0 Å². The molecule has 2 aromatic rings.